The van der Waals surface area contributed by atoms with Crippen molar-refractivity contribution in [3.63, 3.8) is 0 Å². The number of rotatable bonds is 4. The summed E-state index contributed by atoms with van der Waals surface area (Å²) in [4.78, 5) is 4.00. The van der Waals surface area contributed by atoms with Crippen molar-refractivity contribution in [3.05, 3.63) is 29.8 Å². The van der Waals surface area contributed by atoms with Crippen molar-refractivity contribution in [1.29, 1.82) is 0 Å². The Morgan fingerprint density at radius 2 is 2.13 bits per heavy atom. The van der Waals surface area contributed by atoms with Crippen molar-refractivity contribution in [2.75, 3.05) is 12.5 Å². The minimum Gasteiger partial charge on any atom is -0.468 e. The minimum absolute atomic E-state index is 0.0535. The quantitative estimate of drug-likeness (QED) is 0.299. The van der Waals surface area contributed by atoms with E-state index in [0.29, 0.717) is 0 Å². The molecule has 1 aromatic carbocycles. The van der Waals surface area contributed by atoms with Crippen LogP contribution in [0.2, 0.25) is 0 Å². The van der Waals surface area contributed by atoms with E-state index >= 15 is 0 Å². The van der Waals surface area contributed by atoms with Crippen LogP contribution < -0.4 is 11.2 Å². The lowest BCUT2D eigenvalue weighted by molar-refractivity contribution is -0.253. The third-order valence-electron chi connectivity index (χ3n) is 1.69. The van der Waals surface area contributed by atoms with E-state index in [9.17, 15) is 0 Å². The van der Waals surface area contributed by atoms with E-state index in [0.717, 1.165) is 11.3 Å². The van der Waals surface area contributed by atoms with Gasteiger partial charge in [-0.15, -0.1) is 5.10 Å². The average molecular weight is 211 g/mol. The van der Waals surface area contributed by atoms with E-state index < -0.39 is 0 Å². The maximum absolute atomic E-state index is 8.23. The van der Waals surface area contributed by atoms with E-state index in [-0.39, 0.29) is 12.6 Å². The van der Waals surface area contributed by atoms with Gasteiger partial charge in [0.15, 0.2) is 0 Å². The van der Waals surface area contributed by atoms with Gasteiger partial charge in [-0.25, -0.2) is 4.89 Å². The Bertz CT molecular complexity index is 324. The zero-order chi connectivity index (χ0) is 11.1. The lowest BCUT2D eigenvalue weighted by Gasteiger charge is -2.03. The van der Waals surface area contributed by atoms with Crippen LogP contribution in [0.15, 0.2) is 29.4 Å². The van der Waals surface area contributed by atoms with Gasteiger partial charge in [-0.2, -0.15) is 0 Å². The zero-order valence-corrected chi connectivity index (χ0v) is 8.30. The summed E-state index contributed by atoms with van der Waals surface area (Å²) in [6.45, 7) is 0.157. The molecule has 0 aromatic heterocycles. The van der Waals surface area contributed by atoms with Crippen LogP contribution in [0.4, 0.5) is 5.69 Å². The lowest BCUT2D eigenvalue weighted by atomic mass is 10.2. The van der Waals surface area contributed by atoms with Crippen LogP contribution in [0.25, 0.3) is 0 Å². The average Bonchev–Trinajstić information content (AvgIpc) is 2.28. The van der Waals surface area contributed by atoms with Gasteiger partial charge in [-0.05, 0) is 17.7 Å². The molecule has 0 heterocycles. The van der Waals surface area contributed by atoms with Crippen LogP contribution in [-0.2, 0) is 16.2 Å². The van der Waals surface area contributed by atoms with Crippen molar-refractivity contribution in [1.82, 2.24) is 0 Å². The number of nitrogens with zero attached hydrogens (tertiary/aromatic N) is 1. The highest BCUT2D eigenvalue weighted by Gasteiger charge is 1.94. The SMILES string of the molecule is COC(N)=NNc1ccc(COO)cc1. The van der Waals surface area contributed by atoms with E-state index in [4.69, 9.17) is 11.0 Å². The van der Waals surface area contributed by atoms with Gasteiger partial charge in [0.05, 0.1) is 12.8 Å². The number of nitrogens with two attached hydrogens (primary N) is 1. The van der Waals surface area contributed by atoms with Crippen LogP contribution in [0.3, 0.4) is 0 Å². The molecule has 0 spiro atoms. The molecule has 0 aliphatic heterocycles. The Morgan fingerprint density at radius 3 is 2.67 bits per heavy atom. The molecular weight excluding hydrogens is 198 g/mol. The predicted molar refractivity (Wildman–Crippen MR) is 56.1 cm³/mol. The van der Waals surface area contributed by atoms with E-state index in [1.165, 1.54) is 7.11 Å². The van der Waals surface area contributed by atoms with Crippen LogP contribution in [0, 0.1) is 0 Å². The largest absolute Gasteiger partial charge is 0.468 e. The van der Waals surface area contributed by atoms with Crippen molar-refractivity contribution in [2.45, 2.75) is 6.61 Å². The molecule has 0 fully saturated rings. The number of methoxy groups -OCH3 is 1. The molecule has 1 rings (SSSR count). The molecule has 0 unspecified atom stereocenters. The van der Waals surface area contributed by atoms with Crippen LogP contribution in [0.5, 0.6) is 0 Å². The number of nitrogens with one attached hydrogen (secondary N) is 1. The normalized spacial score (nSPS) is 11.2. The molecule has 0 bridgehead atoms. The Labute approximate surface area is 87.2 Å². The summed E-state index contributed by atoms with van der Waals surface area (Å²) < 4.78 is 4.65. The molecule has 15 heavy (non-hydrogen) atoms. The summed E-state index contributed by atoms with van der Waals surface area (Å²) in [5, 5.41) is 12.0. The highest BCUT2D eigenvalue weighted by atomic mass is 17.1. The van der Waals surface area contributed by atoms with Gasteiger partial charge in [0.25, 0.3) is 0 Å². The Kier molecular flexibility index (Phi) is 4.39. The molecule has 0 aliphatic rings. The molecule has 0 atom stereocenters. The number of hydrazone groups is 1. The number of ether oxygens (including phenoxy) is 1. The standard InChI is InChI=1S/C9H13N3O3/c1-14-9(10)12-11-8-4-2-7(3-5-8)6-15-13/h2-5,11,13H,6H2,1H3,(H2,10,12). The second-order valence-corrected chi connectivity index (χ2v) is 2.74. The molecule has 82 valence electrons. The maximum Gasteiger partial charge on any atom is 0.303 e. The van der Waals surface area contributed by atoms with Crippen LogP contribution in [0.1, 0.15) is 5.56 Å². The first-order valence-corrected chi connectivity index (χ1v) is 4.24. The summed E-state index contributed by atoms with van der Waals surface area (Å²) in [6, 6.07) is 7.19. The highest BCUT2D eigenvalue weighted by molar-refractivity contribution is 5.72. The Morgan fingerprint density at radius 1 is 1.47 bits per heavy atom. The van der Waals surface area contributed by atoms with Crippen LogP contribution >= 0.6 is 0 Å². The lowest BCUT2D eigenvalue weighted by Crippen LogP contribution is -2.15. The fraction of sp³-hybridized carbons (Fsp3) is 0.222. The van der Waals surface area contributed by atoms with Gasteiger partial charge < -0.3 is 10.5 Å². The Balaban J connectivity index is 2.56. The molecule has 6 nitrogen and oxygen atoms in total. The summed E-state index contributed by atoms with van der Waals surface area (Å²) in [7, 11) is 1.43. The number of amidine groups is 1. The van der Waals surface area contributed by atoms with E-state index in [1.807, 2.05) is 0 Å². The van der Waals surface area contributed by atoms with E-state index in [1.54, 1.807) is 24.3 Å². The first-order chi connectivity index (χ1) is 7.26. The topological polar surface area (TPSA) is 89.1 Å². The molecular formula is C9H13N3O3. The van der Waals surface area contributed by atoms with Gasteiger partial charge in [0.1, 0.15) is 6.61 Å². The van der Waals surface area contributed by atoms with Crippen molar-refractivity contribution >= 4 is 11.7 Å². The summed E-state index contributed by atoms with van der Waals surface area (Å²) in [6.07, 6.45) is 0. The molecule has 0 radical (unpaired) electrons. The van der Waals surface area contributed by atoms with Crippen molar-refractivity contribution < 1.29 is 14.9 Å². The number of hydrogen-bond acceptors (Lipinski definition) is 5. The fourth-order valence-corrected chi connectivity index (χ4v) is 0.915. The third kappa shape index (κ3) is 3.84. The van der Waals surface area contributed by atoms with Crippen molar-refractivity contribution in [2.24, 2.45) is 10.8 Å². The smallest absolute Gasteiger partial charge is 0.303 e. The summed E-state index contributed by atoms with van der Waals surface area (Å²) in [5.74, 6) is 0. The highest BCUT2D eigenvalue weighted by Crippen LogP contribution is 2.09. The van der Waals surface area contributed by atoms with Gasteiger partial charge in [-0.3, -0.25) is 10.7 Å². The zero-order valence-electron chi connectivity index (χ0n) is 8.30. The minimum atomic E-state index is 0.0535. The second-order valence-electron chi connectivity index (χ2n) is 2.74. The predicted octanol–water partition coefficient (Wildman–Crippen LogP) is 0.964. The van der Waals surface area contributed by atoms with Gasteiger partial charge >= 0.3 is 6.02 Å². The van der Waals surface area contributed by atoms with Crippen LogP contribution in [-0.4, -0.2) is 18.4 Å². The first kappa shape index (κ1) is 11.3. The van der Waals surface area contributed by atoms with Gasteiger partial charge in [0, 0.05) is 0 Å². The molecule has 0 saturated heterocycles. The Hall–Kier alpha value is -1.79. The molecule has 0 saturated carbocycles. The summed E-state index contributed by atoms with van der Waals surface area (Å²) >= 11 is 0. The maximum atomic E-state index is 8.23. The fourth-order valence-electron chi connectivity index (χ4n) is 0.915. The first-order valence-electron chi connectivity index (χ1n) is 4.24. The monoisotopic (exact) mass is 211 g/mol. The summed E-state index contributed by atoms with van der Waals surface area (Å²) in [5.41, 5.74) is 9.62. The second kappa shape index (κ2) is 5.84. The third-order valence-corrected chi connectivity index (χ3v) is 1.69. The molecule has 4 N–H and O–H groups in total. The van der Waals surface area contributed by atoms with Gasteiger partial charge in [0.2, 0.25) is 0 Å². The van der Waals surface area contributed by atoms with Crippen molar-refractivity contribution in [3.8, 4) is 0 Å². The number of benzene rings is 1. The number of anilines is 1. The number of hydrogen-bond donors (Lipinski definition) is 3. The van der Waals surface area contributed by atoms with Gasteiger partial charge in [-0.1, -0.05) is 12.1 Å². The molecule has 6 heteroatoms. The van der Waals surface area contributed by atoms with E-state index in [2.05, 4.69) is 20.2 Å². The molecule has 0 amide bonds. The molecule has 0 aliphatic carbocycles. The molecule has 1 aromatic rings.